The quantitative estimate of drug-likeness (QED) is 0.872. The lowest BCUT2D eigenvalue weighted by Crippen LogP contribution is -2.51. The first-order chi connectivity index (χ1) is 10.9. The minimum Gasteiger partial charge on any atom is -0.444 e. The zero-order valence-electron chi connectivity index (χ0n) is 14.5. The standard InChI is InChI=1S/C18H29N3O2/c1-18(2,3)23-17(22)20-16(13-15-7-5-4-6-8-15)14-21-11-9-19-10-12-21/h4-8,16,19H,9-14H2,1-3H3,(H,20,22)/t16-/m1/s1. The Morgan fingerprint density at radius 3 is 2.52 bits per heavy atom. The summed E-state index contributed by atoms with van der Waals surface area (Å²) in [5, 5.41) is 6.40. The lowest BCUT2D eigenvalue weighted by atomic mass is 10.1. The first kappa shape index (κ1) is 17.8. The number of alkyl carbamates (subject to hydrolysis) is 1. The Kier molecular flexibility index (Phi) is 6.42. The lowest BCUT2D eigenvalue weighted by Gasteiger charge is -2.32. The SMILES string of the molecule is CC(C)(C)OC(=O)N[C@H](Cc1ccccc1)CN1CCNCC1. The second kappa shape index (κ2) is 8.31. The van der Waals surface area contributed by atoms with Crippen LogP contribution in [0.15, 0.2) is 30.3 Å². The Morgan fingerprint density at radius 2 is 1.91 bits per heavy atom. The number of carbonyl (C=O) groups excluding carboxylic acids is 1. The molecule has 1 saturated heterocycles. The smallest absolute Gasteiger partial charge is 0.407 e. The van der Waals surface area contributed by atoms with Gasteiger partial charge in [0, 0.05) is 38.8 Å². The number of ether oxygens (including phenoxy) is 1. The summed E-state index contributed by atoms with van der Waals surface area (Å²) < 4.78 is 5.41. The highest BCUT2D eigenvalue weighted by molar-refractivity contribution is 5.68. The summed E-state index contributed by atoms with van der Waals surface area (Å²) >= 11 is 0. The van der Waals surface area contributed by atoms with Crippen molar-refractivity contribution < 1.29 is 9.53 Å². The molecule has 5 nitrogen and oxygen atoms in total. The molecule has 0 spiro atoms. The van der Waals surface area contributed by atoms with E-state index < -0.39 is 5.60 Å². The third-order valence-corrected chi connectivity index (χ3v) is 3.73. The zero-order valence-corrected chi connectivity index (χ0v) is 14.5. The molecule has 1 aliphatic heterocycles. The molecule has 1 heterocycles. The number of nitrogens with zero attached hydrogens (tertiary/aromatic N) is 1. The van der Waals surface area contributed by atoms with E-state index in [0.29, 0.717) is 0 Å². The molecule has 0 bridgehead atoms. The van der Waals surface area contributed by atoms with Gasteiger partial charge in [-0.25, -0.2) is 4.79 Å². The minimum absolute atomic E-state index is 0.0466. The summed E-state index contributed by atoms with van der Waals surface area (Å²) in [6.07, 6.45) is 0.470. The average molecular weight is 319 g/mol. The van der Waals surface area contributed by atoms with Gasteiger partial charge in [-0.1, -0.05) is 30.3 Å². The fourth-order valence-corrected chi connectivity index (χ4v) is 2.74. The van der Waals surface area contributed by atoms with Gasteiger partial charge in [-0.3, -0.25) is 4.90 Å². The highest BCUT2D eigenvalue weighted by Gasteiger charge is 2.22. The number of hydrogen-bond donors (Lipinski definition) is 2. The third kappa shape index (κ3) is 7.01. The van der Waals surface area contributed by atoms with Gasteiger partial charge >= 0.3 is 6.09 Å². The Hall–Kier alpha value is -1.59. The first-order valence-corrected chi connectivity index (χ1v) is 8.39. The molecule has 0 aliphatic carbocycles. The molecule has 1 aromatic carbocycles. The summed E-state index contributed by atoms with van der Waals surface area (Å²) in [6, 6.07) is 10.3. The summed E-state index contributed by atoms with van der Waals surface area (Å²) in [5.74, 6) is 0. The number of piperazine rings is 1. The van der Waals surface area contributed by atoms with Crippen LogP contribution in [0.25, 0.3) is 0 Å². The van der Waals surface area contributed by atoms with E-state index in [1.165, 1.54) is 5.56 Å². The van der Waals surface area contributed by atoms with Crippen molar-refractivity contribution in [3.63, 3.8) is 0 Å². The van der Waals surface area contributed by atoms with Crippen LogP contribution in [0.5, 0.6) is 0 Å². The number of amides is 1. The van der Waals surface area contributed by atoms with Crippen molar-refractivity contribution in [2.75, 3.05) is 32.7 Å². The van der Waals surface area contributed by atoms with Crippen LogP contribution in [0, 0.1) is 0 Å². The van der Waals surface area contributed by atoms with Gasteiger partial charge in [-0.05, 0) is 32.8 Å². The predicted molar refractivity (Wildman–Crippen MR) is 92.6 cm³/mol. The van der Waals surface area contributed by atoms with Crippen LogP contribution in [-0.4, -0.2) is 55.4 Å². The highest BCUT2D eigenvalue weighted by Crippen LogP contribution is 2.09. The Balaban J connectivity index is 1.96. The molecule has 1 atom stereocenters. The number of hydrogen-bond acceptors (Lipinski definition) is 4. The number of nitrogens with one attached hydrogen (secondary N) is 2. The summed E-state index contributed by atoms with van der Waals surface area (Å²) in [6.45, 7) is 10.5. The largest absolute Gasteiger partial charge is 0.444 e. The topological polar surface area (TPSA) is 53.6 Å². The number of benzene rings is 1. The molecule has 2 N–H and O–H groups in total. The first-order valence-electron chi connectivity index (χ1n) is 8.39. The van der Waals surface area contributed by atoms with Crippen LogP contribution in [-0.2, 0) is 11.2 Å². The normalized spacial score (nSPS) is 17.5. The molecule has 0 unspecified atom stereocenters. The van der Waals surface area contributed by atoms with Gasteiger partial charge in [0.2, 0.25) is 0 Å². The van der Waals surface area contributed by atoms with Gasteiger partial charge in [-0.15, -0.1) is 0 Å². The Bertz CT molecular complexity index is 479. The average Bonchev–Trinajstić information content (AvgIpc) is 2.47. The van der Waals surface area contributed by atoms with Crippen LogP contribution in [0.2, 0.25) is 0 Å². The summed E-state index contributed by atoms with van der Waals surface area (Å²) in [7, 11) is 0. The van der Waals surface area contributed by atoms with E-state index >= 15 is 0 Å². The van der Waals surface area contributed by atoms with Gasteiger partial charge in [-0.2, -0.15) is 0 Å². The molecular formula is C18H29N3O2. The van der Waals surface area contributed by atoms with Crippen molar-refractivity contribution in [3.8, 4) is 0 Å². The second-order valence-corrected chi connectivity index (χ2v) is 7.08. The second-order valence-electron chi connectivity index (χ2n) is 7.08. The Labute approximate surface area is 139 Å². The van der Waals surface area contributed by atoms with Crippen molar-refractivity contribution in [1.29, 1.82) is 0 Å². The molecular weight excluding hydrogens is 290 g/mol. The third-order valence-electron chi connectivity index (χ3n) is 3.73. The van der Waals surface area contributed by atoms with Crippen LogP contribution in [0.1, 0.15) is 26.3 Å². The van der Waals surface area contributed by atoms with Gasteiger partial charge in [0.1, 0.15) is 5.60 Å². The lowest BCUT2D eigenvalue weighted by molar-refractivity contribution is 0.0489. The molecule has 1 aliphatic rings. The molecule has 0 aromatic heterocycles. The van der Waals surface area contributed by atoms with Crippen molar-refractivity contribution in [3.05, 3.63) is 35.9 Å². The van der Waals surface area contributed by atoms with Crippen LogP contribution >= 0.6 is 0 Å². The number of rotatable bonds is 5. The van der Waals surface area contributed by atoms with E-state index in [-0.39, 0.29) is 12.1 Å². The van der Waals surface area contributed by atoms with E-state index in [2.05, 4.69) is 27.7 Å². The maximum atomic E-state index is 12.1. The van der Waals surface area contributed by atoms with Crippen molar-refractivity contribution >= 4 is 6.09 Å². The van der Waals surface area contributed by atoms with Crippen molar-refractivity contribution in [2.45, 2.75) is 38.8 Å². The highest BCUT2D eigenvalue weighted by atomic mass is 16.6. The van der Waals surface area contributed by atoms with Gasteiger partial charge in [0.15, 0.2) is 0 Å². The number of carbonyl (C=O) groups is 1. The van der Waals surface area contributed by atoms with Crippen LogP contribution < -0.4 is 10.6 Å². The van der Waals surface area contributed by atoms with Crippen LogP contribution in [0.4, 0.5) is 4.79 Å². The monoisotopic (exact) mass is 319 g/mol. The molecule has 0 radical (unpaired) electrons. The molecule has 1 aromatic rings. The summed E-state index contributed by atoms with van der Waals surface area (Å²) in [5.41, 5.74) is 0.750. The minimum atomic E-state index is -0.476. The fraction of sp³-hybridized carbons (Fsp3) is 0.611. The van der Waals surface area contributed by atoms with E-state index in [1.54, 1.807) is 0 Å². The molecule has 2 rings (SSSR count). The van der Waals surface area contributed by atoms with Gasteiger partial charge < -0.3 is 15.4 Å². The summed E-state index contributed by atoms with van der Waals surface area (Å²) in [4.78, 5) is 14.5. The molecule has 128 valence electrons. The van der Waals surface area contributed by atoms with E-state index in [4.69, 9.17) is 4.74 Å². The Morgan fingerprint density at radius 1 is 1.26 bits per heavy atom. The van der Waals surface area contributed by atoms with E-state index in [9.17, 15) is 4.79 Å². The maximum Gasteiger partial charge on any atom is 0.407 e. The molecule has 0 saturated carbocycles. The van der Waals surface area contributed by atoms with Gasteiger partial charge in [0.05, 0.1) is 0 Å². The molecule has 1 fully saturated rings. The van der Waals surface area contributed by atoms with E-state index in [1.807, 2.05) is 39.0 Å². The fourth-order valence-electron chi connectivity index (χ4n) is 2.74. The van der Waals surface area contributed by atoms with Crippen LogP contribution in [0.3, 0.4) is 0 Å². The molecule has 5 heteroatoms. The zero-order chi connectivity index (χ0) is 16.7. The van der Waals surface area contributed by atoms with Crippen molar-refractivity contribution in [2.24, 2.45) is 0 Å². The van der Waals surface area contributed by atoms with Crippen molar-refractivity contribution in [1.82, 2.24) is 15.5 Å². The maximum absolute atomic E-state index is 12.1. The van der Waals surface area contributed by atoms with E-state index in [0.717, 1.165) is 39.1 Å². The predicted octanol–water partition coefficient (Wildman–Crippen LogP) is 2.03. The molecule has 23 heavy (non-hydrogen) atoms. The molecule has 1 amide bonds. The van der Waals surface area contributed by atoms with Gasteiger partial charge in [0.25, 0.3) is 0 Å².